The predicted molar refractivity (Wildman–Crippen MR) is 96.6 cm³/mol. The van der Waals surface area contributed by atoms with Gasteiger partial charge in [-0.15, -0.1) is 24.0 Å². The molecule has 0 atom stereocenters. The average molecular weight is 445 g/mol. The second-order valence-corrected chi connectivity index (χ2v) is 4.87. The van der Waals surface area contributed by atoms with Crippen molar-refractivity contribution >= 4 is 29.9 Å². The molecule has 0 aliphatic heterocycles. The quantitative estimate of drug-likeness (QED) is 0.400. The Hall–Kier alpha value is -1.19. The third kappa shape index (κ3) is 8.87. The molecule has 0 aliphatic carbocycles. The van der Waals surface area contributed by atoms with Crippen LogP contribution in [0.3, 0.4) is 0 Å². The van der Waals surface area contributed by atoms with Gasteiger partial charge in [-0.2, -0.15) is 13.2 Å². The molecule has 0 spiro atoms. The summed E-state index contributed by atoms with van der Waals surface area (Å²) in [6.45, 7) is 3.64. The van der Waals surface area contributed by atoms with Crippen LogP contribution in [0.1, 0.15) is 24.5 Å². The molecule has 0 heterocycles. The summed E-state index contributed by atoms with van der Waals surface area (Å²) in [5.74, 6) is 0.833. The summed E-state index contributed by atoms with van der Waals surface area (Å²) < 4.78 is 41.8. The minimum atomic E-state index is -4.35. The van der Waals surface area contributed by atoms with E-state index < -0.39 is 12.8 Å². The van der Waals surface area contributed by atoms with Gasteiger partial charge in [0.25, 0.3) is 0 Å². The molecular formula is C15H23F3IN3O. The summed E-state index contributed by atoms with van der Waals surface area (Å²) in [6, 6.07) is 5.19. The van der Waals surface area contributed by atoms with E-state index in [1.165, 1.54) is 0 Å². The second-order valence-electron chi connectivity index (χ2n) is 4.87. The van der Waals surface area contributed by atoms with Crippen LogP contribution in [0.25, 0.3) is 0 Å². The Balaban J connectivity index is 0.00000484. The molecular weight excluding hydrogens is 422 g/mol. The van der Waals surface area contributed by atoms with Crippen molar-refractivity contribution in [3.05, 3.63) is 29.3 Å². The zero-order valence-corrected chi connectivity index (χ0v) is 15.8. The summed E-state index contributed by atoms with van der Waals surface area (Å²) in [6.07, 6.45) is -3.40. The van der Waals surface area contributed by atoms with Gasteiger partial charge in [0.05, 0.1) is 0 Å². The van der Waals surface area contributed by atoms with Crippen molar-refractivity contribution in [3.63, 3.8) is 0 Å². The van der Waals surface area contributed by atoms with E-state index in [4.69, 9.17) is 4.74 Å². The Morgan fingerprint density at radius 2 is 1.96 bits per heavy atom. The van der Waals surface area contributed by atoms with Crippen LogP contribution in [0.5, 0.6) is 5.75 Å². The molecule has 0 aromatic heterocycles. The number of guanidine groups is 1. The topological polar surface area (TPSA) is 45.7 Å². The number of alkyl halides is 3. The van der Waals surface area contributed by atoms with E-state index in [9.17, 15) is 13.2 Å². The van der Waals surface area contributed by atoms with Gasteiger partial charge < -0.3 is 15.4 Å². The lowest BCUT2D eigenvalue weighted by Gasteiger charge is -2.16. The van der Waals surface area contributed by atoms with Crippen LogP contribution in [-0.2, 0) is 6.54 Å². The number of hydrogen-bond acceptors (Lipinski definition) is 2. The van der Waals surface area contributed by atoms with Crippen LogP contribution in [0, 0.1) is 6.92 Å². The SMILES string of the molecule is CCCNC(=NC)NCc1ccc(C)cc1OCC(F)(F)F.I. The van der Waals surface area contributed by atoms with Gasteiger partial charge in [-0.3, -0.25) is 4.99 Å². The highest BCUT2D eigenvalue weighted by molar-refractivity contribution is 14.0. The van der Waals surface area contributed by atoms with Gasteiger partial charge in [0.2, 0.25) is 0 Å². The summed E-state index contributed by atoms with van der Waals surface area (Å²) in [5, 5.41) is 6.15. The third-order valence-electron chi connectivity index (χ3n) is 2.83. The lowest BCUT2D eigenvalue weighted by molar-refractivity contribution is -0.153. The minimum Gasteiger partial charge on any atom is -0.484 e. The van der Waals surface area contributed by atoms with Crippen molar-refractivity contribution in [2.24, 2.45) is 4.99 Å². The molecule has 132 valence electrons. The van der Waals surface area contributed by atoms with Gasteiger partial charge in [0.1, 0.15) is 5.75 Å². The maximum atomic E-state index is 12.3. The maximum Gasteiger partial charge on any atom is 0.422 e. The van der Waals surface area contributed by atoms with Gasteiger partial charge in [-0.1, -0.05) is 19.1 Å². The normalized spacial score (nSPS) is 11.7. The van der Waals surface area contributed by atoms with Gasteiger partial charge in [0, 0.05) is 25.7 Å². The van der Waals surface area contributed by atoms with Crippen molar-refractivity contribution in [2.75, 3.05) is 20.2 Å². The van der Waals surface area contributed by atoms with Crippen LogP contribution in [0.4, 0.5) is 13.2 Å². The zero-order valence-electron chi connectivity index (χ0n) is 13.5. The molecule has 23 heavy (non-hydrogen) atoms. The summed E-state index contributed by atoms with van der Waals surface area (Å²) in [5.41, 5.74) is 1.49. The number of nitrogens with zero attached hydrogens (tertiary/aromatic N) is 1. The molecule has 0 unspecified atom stereocenters. The number of hydrogen-bond donors (Lipinski definition) is 2. The third-order valence-corrected chi connectivity index (χ3v) is 2.83. The number of aliphatic imine (C=N–C) groups is 1. The highest BCUT2D eigenvalue weighted by Crippen LogP contribution is 2.23. The Morgan fingerprint density at radius 1 is 1.26 bits per heavy atom. The van der Waals surface area contributed by atoms with Crippen molar-refractivity contribution in [2.45, 2.75) is 33.0 Å². The standard InChI is InChI=1S/C15H22F3N3O.HI/c1-4-7-20-14(19-3)21-9-12-6-5-11(2)8-13(12)22-10-15(16,17)18;/h5-6,8H,4,7,9-10H2,1-3H3,(H2,19,20,21);1H. The van der Waals surface area contributed by atoms with E-state index in [0.29, 0.717) is 18.1 Å². The van der Waals surface area contributed by atoms with Crippen LogP contribution < -0.4 is 15.4 Å². The van der Waals surface area contributed by atoms with Crippen molar-refractivity contribution in [1.29, 1.82) is 0 Å². The molecule has 0 fully saturated rings. The fourth-order valence-corrected chi connectivity index (χ4v) is 1.74. The Labute approximate surface area is 151 Å². The average Bonchev–Trinajstić information content (AvgIpc) is 2.46. The number of benzene rings is 1. The van der Waals surface area contributed by atoms with Crippen LogP contribution in [0.15, 0.2) is 23.2 Å². The first-order chi connectivity index (χ1) is 10.4. The molecule has 2 N–H and O–H groups in total. The van der Waals surface area contributed by atoms with E-state index in [0.717, 1.165) is 18.5 Å². The molecule has 1 aromatic rings. The Morgan fingerprint density at radius 3 is 2.52 bits per heavy atom. The van der Waals surface area contributed by atoms with E-state index in [-0.39, 0.29) is 29.7 Å². The highest BCUT2D eigenvalue weighted by Gasteiger charge is 2.28. The number of rotatable bonds is 6. The Kier molecular flexibility index (Phi) is 10.0. The molecule has 0 amide bonds. The van der Waals surface area contributed by atoms with Crippen LogP contribution >= 0.6 is 24.0 Å². The smallest absolute Gasteiger partial charge is 0.422 e. The van der Waals surface area contributed by atoms with E-state index in [1.54, 1.807) is 26.1 Å². The lowest BCUT2D eigenvalue weighted by atomic mass is 10.1. The summed E-state index contributed by atoms with van der Waals surface area (Å²) >= 11 is 0. The molecule has 4 nitrogen and oxygen atoms in total. The van der Waals surface area contributed by atoms with E-state index >= 15 is 0 Å². The first-order valence-electron chi connectivity index (χ1n) is 7.09. The number of ether oxygens (including phenoxy) is 1. The van der Waals surface area contributed by atoms with E-state index in [1.807, 2.05) is 13.0 Å². The fraction of sp³-hybridized carbons (Fsp3) is 0.533. The molecule has 8 heteroatoms. The number of halogens is 4. The minimum absolute atomic E-state index is 0. The van der Waals surface area contributed by atoms with Gasteiger partial charge >= 0.3 is 6.18 Å². The van der Waals surface area contributed by atoms with Gasteiger partial charge in [-0.05, 0) is 25.0 Å². The molecule has 0 aliphatic rings. The second kappa shape index (κ2) is 10.6. The number of nitrogens with one attached hydrogen (secondary N) is 2. The molecule has 0 radical (unpaired) electrons. The first-order valence-corrected chi connectivity index (χ1v) is 7.09. The summed E-state index contributed by atoms with van der Waals surface area (Å²) in [4.78, 5) is 4.05. The van der Waals surface area contributed by atoms with Crippen LogP contribution in [0.2, 0.25) is 0 Å². The number of aryl methyl sites for hydroxylation is 1. The van der Waals surface area contributed by atoms with E-state index in [2.05, 4.69) is 15.6 Å². The van der Waals surface area contributed by atoms with Gasteiger partial charge in [0.15, 0.2) is 12.6 Å². The lowest BCUT2D eigenvalue weighted by Crippen LogP contribution is -2.37. The zero-order chi connectivity index (χ0) is 16.6. The molecule has 0 saturated carbocycles. The predicted octanol–water partition coefficient (Wildman–Crippen LogP) is 3.63. The maximum absolute atomic E-state index is 12.3. The molecule has 0 saturated heterocycles. The molecule has 1 aromatic carbocycles. The Bertz CT molecular complexity index is 507. The van der Waals surface area contributed by atoms with Crippen LogP contribution in [-0.4, -0.2) is 32.3 Å². The first kappa shape index (κ1) is 21.8. The highest BCUT2D eigenvalue weighted by atomic mass is 127. The fourth-order valence-electron chi connectivity index (χ4n) is 1.74. The molecule has 0 bridgehead atoms. The molecule has 1 rings (SSSR count). The van der Waals surface area contributed by atoms with Crippen molar-refractivity contribution in [3.8, 4) is 5.75 Å². The van der Waals surface area contributed by atoms with Gasteiger partial charge in [-0.25, -0.2) is 0 Å². The largest absolute Gasteiger partial charge is 0.484 e. The van der Waals surface area contributed by atoms with Crippen molar-refractivity contribution < 1.29 is 17.9 Å². The summed E-state index contributed by atoms with van der Waals surface area (Å²) in [7, 11) is 1.64. The monoisotopic (exact) mass is 445 g/mol. The van der Waals surface area contributed by atoms with Crippen molar-refractivity contribution in [1.82, 2.24) is 10.6 Å².